The molecule has 2 heterocycles. The molecule has 0 spiro atoms. The molecule has 8 aromatic rings. The van der Waals surface area contributed by atoms with Gasteiger partial charge in [-0.1, -0.05) is 52.4 Å². The summed E-state index contributed by atoms with van der Waals surface area (Å²) in [5.74, 6) is 0. The van der Waals surface area contributed by atoms with Crippen LogP contribution in [0.1, 0.15) is 128 Å². The molecule has 0 amide bonds. The van der Waals surface area contributed by atoms with E-state index in [2.05, 4.69) is 98.8 Å². The Labute approximate surface area is 323 Å². The Morgan fingerprint density at radius 1 is 0.308 bits per heavy atom. The minimum atomic E-state index is 0.353. The standard InChI is InChI=1S/C50H56Se2/c1-3-5-7-9-11-13-15-17-19-35-21-23-37-31-47-43(27-39(37)25-35)45-29-41-34-50-46(30-42(41)33-49(45)51-47)44-28-40-26-36(22-24-38(40)32-48(44)52-50)20-18-16-14-12-10-8-6-4-2/h21-34H,3-20H2,1-2H3. The zero-order chi connectivity index (χ0) is 35.3. The van der Waals surface area contributed by atoms with Crippen LogP contribution in [0.25, 0.3) is 70.9 Å². The van der Waals surface area contributed by atoms with Crippen LogP contribution >= 0.6 is 0 Å². The molecule has 0 fully saturated rings. The van der Waals surface area contributed by atoms with E-state index in [9.17, 15) is 0 Å². The summed E-state index contributed by atoms with van der Waals surface area (Å²) in [5.41, 5.74) is 3.01. The van der Waals surface area contributed by atoms with Crippen LogP contribution in [0.5, 0.6) is 0 Å². The molecule has 0 unspecified atom stereocenters. The number of rotatable bonds is 18. The van der Waals surface area contributed by atoms with Crippen molar-refractivity contribution in [3.8, 4) is 0 Å². The quantitative estimate of drug-likeness (QED) is 0.0598. The molecule has 0 N–H and O–H groups in total. The molecule has 0 bridgehead atoms. The normalized spacial score (nSPS) is 12.3. The van der Waals surface area contributed by atoms with Gasteiger partial charge in [0.25, 0.3) is 0 Å². The predicted octanol–water partition coefficient (Wildman–Crippen LogP) is 15.2. The first-order valence-electron chi connectivity index (χ1n) is 20.8. The van der Waals surface area contributed by atoms with E-state index < -0.39 is 0 Å². The predicted molar refractivity (Wildman–Crippen MR) is 235 cm³/mol. The molecule has 0 aliphatic rings. The van der Waals surface area contributed by atoms with Gasteiger partial charge in [0.1, 0.15) is 0 Å². The third-order valence-corrected chi connectivity index (χ3v) is 16.4. The van der Waals surface area contributed by atoms with Gasteiger partial charge in [0.05, 0.1) is 0 Å². The Hall–Kier alpha value is -2.86. The second-order valence-electron chi connectivity index (χ2n) is 15.8. The number of benzene rings is 6. The summed E-state index contributed by atoms with van der Waals surface area (Å²) in [6.07, 6.45) is 24.5. The summed E-state index contributed by atoms with van der Waals surface area (Å²) in [4.78, 5) is 0. The molecule has 2 aromatic heterocycles. The Balaban J connectivity index is 1.02. The number of fused-ring (bicyclic) bond motifs is 9. The molecule has 0 nitrogen and oxygen atoms in total. The fourth-order valence-electron chi connectivity index (χ4n) is 8.61. The molecule has 0 aliphatic heterocycles. The van der Waals surface area contributed by atoms with Crippen molar-refractivity contribution < 1.29 is 0 Å². The average Bonchev–Trinajstić information content (AvgIpc) is 3.68. The first-order valence-corrected chi connectivity index (χ1v) is 24.2. The molecule has 0 aliphatic carbocycles. The Bertz CT molecular complexity index is 2280. The van der Waals surface area contributed by atoms with Crippen molar-refractivity contribution in [3.05, 3.63) is 96.1 Å². The van der Waals surface area contributed by atoms with Gasteiger partial charge in [-0.2, -0.15) is 0 Å². The molecule has 268 valence electrons. The number of aryl methyl sites for hydroxylation is 2. The first-order chi connectivity index (χ1) is 25.7. The summed E-state index contributed by atoms with van der Waals surface area (Å²) in [7, 11) is 0. The van der Waals surface area contributed by atoms with Crippen LogP contribution in [0.2, 0.25) is 0 Å². The SMILES string of the molecule is CCCCCCCCCCc1ccc2cc3[se]c4cc5cc6c(cc5cc4c3cc2c1)[se]c1cc2ccc(CCCCCCCCCC)cc2cc16. The number of hydrogen-bond acceptors (Lipinski definition) is 0. The third-order valence-electron chi connectivity index (χ3n) is 11.7. The third kappa shape index (κ3) is 8.12. The van der Waals surface area contributed by atoms with Crippen LogP contribution in [-0.2, 0) is 12.8 Å². The summed E-state index contributed by atoms with van der Waals surface area (Å²) >= 11 is 0.705. The maximum atomic E-state index is 2.54. The van der Waals surface area contributed by atoms with Crippen molar-refractivity contribution in [2.24, 2.45) is 0 Å². The molecule has 0 radical (unpaired) electrons. The zero-order valence-corrected chi connectivity index (χ0v) is 35.1. The van der Waals surface area contributed by atoms with Gasteiger partial charge in [0.15, 0.2) is 0 Å². The average molecular weight is 815 g/mol. The van der Waals surface area contributed by atoms with Crippen LogP contribution in [0.4, 0.5) is 0 Å². The molecule has 6 aromatic carbocycles. The topological polar surface area (TPSA) is 0 Å². The molecule has 2 heteroatoms. The van der Waals surface area contributed by atoms with Crippen molar-refractivity contribution in [2.75, 3.05) is 0 Å². The monoisotopic (exact) mass is 816 g/mol. The number of unbranched alkanes of at least 4 members (excludes halogenated alkanes) is 14. The van der Waals surface area contributed by atoms with E-state index in [0.717, 1.165) is 0 Å². The molecule has 8 rings (SSSR count). The Morgan fingerprint density at radius 2 is 0.615 bits per heavy atom. The van der Waals surface area contributed by atoms with Gasteiger partial charge >= 0.3 is 273 Å². The first kappa shape index (κ1) is 36.1. The fourth-order valence-corrected chi connectivity index (χ4v) is 13.5. The zero-order valence-electron chi connectivity index (χ0n) is 31.6. The minimum absolute atomic E-state index is 0.353. The second kappa shape index (κ2) is 17.1. The molecule has 52 heavy (non-hydrogen) atoms. The molecular weight excluding hydrogens is 758 g/mol. The van der Waals surface area contributed by atoms with Crippen molar-refractivity contribution in [1.29, 1.82) is 0 Å². The summed E-state index contributed by atoms with van der Waals surface area (Å²) in [6, 6.07) is 34.7. The molecule has 0 atom stereocenters. The van der Waals surface area contributed by atoms with E-state index >= 15 is 0 Å². The molecular formula is C50H56Se2. The number of hydrogen-bond donors (Lipinski definition) is 0. The summed E-state index contributed by atoms with van der Waals surface area (Å²) in [5, 5.41) is 14.4. The van der Waals surface area contributed by atoms with Gasteiger partial charge in [-0.15, -0.1) is 0 Å². The van der Waals surface area contributed by atoms with Gasteiger partial charge in [-0.25, -0.2) is 0 Å². The van der Waals surface area contributed by atoms with Gasteiger partial charge in [0, 0.05) is 0 Å². The van der Waals surface area contributed by atoms with Gasteiger partial charge in [-0.3, -0.25) is 0 Å². The van der Waals surface area contributed by atoms with E-state index in [0.29, 0.717) is 29.0 Å². The maximum absolute atomic E-state index is 2.54. The van der Waals surface area contributed by atoms with Crippen LogP contribution < -0.4 is 0 Å². The van der Waals surface area contributed by atoms with Crippen molar-refractivity contribution >= 4 is 99.9 Å². The second-order valence-corrected chi connectivity index (χ2v) is 20.3. The Morgan fingerprint density at radius 3 is 0.981 bits per heavy atom. The van der Waals surface area contributed by atoms with Crippen molar-refractivity contribution in [3.63, 3.8) is 0 Å². The van der Waals surface area contributed by atoms with E-state index in [1.54, 1.807) is 17.0 Å². The summed E-state index contributed by atoms with van der Waals surface area (Å²) < 4.78 is 6.21. The van der Waals surface area contributed by atoms with Crippen LogP contribution in [0.3, 0.4) is 0 Å². The van der Waals surface area contributed by atoms with Crippen molar-refractivity contribution in [2.45, 2.75) is 129 Å². The van der Waals surface area contributed by atoms with E-state index in [-0.39, 0.29) is 0 Å². The van der Waals surface area contributed by atoms with Crippen molar-refractivity contribution in [1.82, 2.24) is 0 Å². The van der Waals surface area contributed by atoms with Crippen LogP contribution in [-0.4, -0.2) is 29.0 Å². The molecule has 0 saturated carbocycles. The van der Waals surface area contributed by atoms with Crippen LogP contribution in [0.15, 0.2) is 84.9 Å². The van der Waals surface area contributed by atoms with Gasteiger partial charge in [-0.05, 0) is 0 Å². The van der Waals surface area contributed by atoms with E-state index in [1.165, 1.54) is 181 Å². The fraction of sp³-hybridized carbons (Fsp3) is 0.400. The summed E-state index contributed by atoms with van der Waals surface area (Å²) in [6.45, 7) is 4.60. The molecule has 0 saturated heterocycles. The van der Waals surface area contributed by atoms with Gasteiger partial charge < -0.3 is 0 Å². The van der Waals surface area contributed by atoms with E-state index in [4.69, 9.17) is 0 Å². The Kier molecular flexibility index (Phi) is 11.9. The van der Waals surface area contributed by atoms with Crippen LogP contribution in [0, 0.1) is 0 Å². The van der Waals surface area contributed by atoms with E-state index in [1.807, 2.05) is 0 Å². The van der Waals surface area contributed by atoms with Gasteiger partial charge in [0.2, 0.25) is 0 Å².